The Morgan fingerprint density at radius 1 is 1.03 bits per heavy atom. The van der Waals surface area contributed by atoms with Crippen LogP contribution in [0.4, 0.5) is 10.5 Å². The number of nitrogens with one attached hydrogen (secondary N) is 2. The van der Waals surface area contributed by atoms with Crippen LogP contribution in [0, 0.1) is 11.8 Å². The Morgan fingerprint density at radius 3 is 2.60 bits per heavy atom. The number of urea groups is 1. The van der Waals surface area contributed by atoms with Gasteiger partial charge in [-0.05, 0) is 91.7 Å². The molecule has 180 valence electrons. The van der Waals surface area contributed by atoms with Crippen molar-refractivity contribution in [2.45, 2.75) is 25.2 Å². The molecule has 0 saturated carbocycles. The van der Waals surface area contributed by atoms with Crippen LogP contribution in [0.3, 0.4) is 0 Å². The van der Waals surface area contributed by atoms with E-state index < -0.39 is 0 Å². The molecule has 6 heteroatoms. The first-order chi connectivity index (χ1) is 17.2. The summed E-state index contributed by atoms with van der Waals surface area (Å²) in [5.41, 5.74) is 3.76. The van der Waals surface area contributed by atoms with Crippen molar-refractivity contribution in [2.75, 3.05) is 38.6 Å². The number of amides is 2. The van der Waals surface area contributed by atoms with Crippen molar-refractivity contribution in [1.82, 2.24) is 15.2 Å². The zero-order valence-electron chi connectivity index (χ0n) is 20.2. The summed E-state index contributed by atoms with van der Waals surface area (Å²) >= 11 is 0. The summed E-state index contributed by atoms with van der Waals surface area (Å²) in [4.78, 5) is 19.2. The monoisotopic (exact) mass is 468 g/mol. The molecule has 0 aliphatic carbocycles. The van der Waals surface area contributed by atoms with Gasteiger partial charge in [0.05, 0.1) is 7.11 Å². The predicted octanol–water partition coefficient (Wildman–Crippen LogP) is 4.88. The van der Waals surface area contributed by atoms with E-state index in [0.29, 0.717) is 12.5 Å². The topological polar surface area (TPSA) is 66.5 Å². The minimum absolute atomic E-state index is 0.0532. The Balaban J connectivity index is 1.40. The van der Waals surface area contributed by atoms with Crippen molar-refractivity contribution in [3.05, 3.63) is 89.7 Å². The van der Waals surface area contributed by atoms with Crippen LogP contribution in [0.1, 0.15) is 42.0 Å². The van der Waals surface area contributed by atoms with Gasteiger partial charge in [0, 0.05) is 37.1 Å². The van der Waals surface area contributed by atoms with Crippen molar-refractivity contribution in [3.8, 4) is 17.6 Å². The number of rotatable bonds is 3. The highest BCUT2D eigenvalue weighted by molar-refractivity contribution is 5.89. The first kappa shape index (κ1) is 24.3. The fraction of sp³-hybridized carbons (Fsp3) is 0.310. The Bertz CT molecular complexity index is 1140. The standard InChI is InChI=1S/C29H32N4O2/c1-35-28-15-13-27(14-16-28)32-29(34)33-20-5-4-18-30-22-25(17-21-33)24-10-7-23(8-11-24)9-12-26-6-2-3-19-31-26/h2-3,6-8,10-11,13-16,19,25,30H,4-5,17-18,20-22H2,1H3,(H,32,34)/t25-/m1/s1. The lowest BCUT2D eigenvalue weighted by atomic mass is 9.94. The van der Waals surface area contributed by atoms with Crippen LogP contribution in [-0.2, 0) is 0 Å². The van der Waals surface area contributed by atoms with Gasteiger partial charge in [-0.3, -0.25) is 0 Å². The number of methoxy groups -OCH3 is 1. The SMILES string of the molecule is COc1ccc(NC(=O)N2CCCCNC[C@H](c3ccc(C#Cc4ccccn4)cc3)CC2)cc1. The summed E-state index contributed by atoms with van der Waals surface area (Å²) in [6.07, 6.45) is 4.67. The van der Waals surface area contributed by atoms with E-state index in [2.05, 4.69) is 51.7 Å². The second kappa shape index (κ2) is 12.6. The van der Waals surface area contributed by atoms with Crippen molar-refractivity contribution in [2.24, 2.45) is 0 Å². The van der Waals surface area contributed by atoms with Crippen molar-refractivity contribution in [3.63, 3.8) is 0 Å². The summed E-state index contributed by atoms with van der Waals surface area (Å²) in [5.74, 6) is 7.38. The van der Waals surface area contributed by atoms with Gasteiger partial charge < -0.3 is 20.3 Å². The van der Waals surface area contributed by atoms with Gasteiger partial charge >= 0.3 is 6.03 Å². The lowest BCUT2D eigenvalue weighted by Gasteiger charge is -2.28. The molecule has 6 nitrogen and oxygen atoms in total. The first-order valence-corrected chi connectivity index (χ1v) is 12.1. The molecule has 1 aliphatic rings. The number of anilines is 1. The van der Waals surface area contributed by atoms with E-state index in [-0.39, 0.29) is 6.03 Å². The molecule has 0 unspecified atom stereocenters. The quantitative estimate of drug-likeness (QED) is 0.538. The Hall–Kier alpha value is -3.82. The van der Waals surface area contributed by atoms with E-state index in [9.17, 15) is 4.79 Å². The van der Waals surface area contributed by atoms with Gasteiger partial charge in [-0.25, -0.2) is 9.78 Å². The third kappa shape index (κ3) is 7.33. The maximum absolute atomic E-state index is 13.0. The molecular formula is C29H32N4O2. The molecule has 1 aromatic heterocycles. The second-order valence-electron chi connectivity index (χ2n) is 8.63. The van der Waals surface area contributed by atoms with Gasteiger partial charge in [0.2, 0.25) is 0 Å². The van der Waals surface area contributed by atoms with E-state index in [0.717, 1.165) is 61.6 Å². The lowest BCUT2D eigenvalue weighted by Crippen LogP contribution is -2.39. The summed E-state index contributed by atoms with van der Waals surface area (Å²) in [6, 6.07) is 21.6. The fourth-order valence-corrected chi connectivity index (χ4v) is 4.13. The Kier molecular flexibility index (Phi) is 8.74. The summed E-state index contributed by atoms with van der Waals surface area (Å²) in [6.45, 7) is 3.30. The number of hydrogen-bond acceptors (Lipinski definition) is 4. The van der Waals surface area contributed by atoms with E-state index in [1.54, 1.807) is 13.3 Å². The molecule has 1 atom stereocenters. The third-order valence-electron chi connectivity index (χ3n) is 6.18. The molecule has 2 amide bonds. The van der Waals surface area contributed by atoms with E-state index in [4.69, 9.17) is 4.74 Å². The summed E-state index contributed by atoms with van der Waals surface area (Å²) in [5, 5.41) is 6.62. The molecule has 2 heterocycles. The van der Waals surface area contributed by atoms with Gasteiger partial charge in [-0.1, -0.05) is 24.1 Å². The zero-order valence-corrected chi connectivity index (χ0v) is 20.2. The third-order valence-corrected chi connectivity index (χ3v) is 6.18. The maximum Gasteiger partial charge on any atom is 0.321 e. The number of hydrogen-bond donors (Lipinski definition) is 2. The highest BCUT2D eigenvalue weighted by Crippen LogP contribution is 2.22. The van der Waals surface area contributed by atoms with Crippen molar-refractivity contribution >= 4 is 11.7 Å². The minimum Gasteiger partial charge on any atom is -0.497 e. The molecule has 0 radical (unpaired) electrons. The van der Waals surface area contributed by atoms with Crippen LogP contribution in [0.5, 0.6) is 5.75 Å². The van der Waals surface area contributed by atoms with E-state index >= 15 is 0 Å². The van der Waals surface area contributed by atoms with Crippen LogP contribution >= 0.6 is 0 Å². The first-order valence-electron chi connectivity index (χ1n) is 12.1. The maximum atomic E-state index is 13.0. The number of ether oxygens (including phenoxy) is 1. The largest absolute Gasteiger partial charge is 0.497 e. The van der Waals surface area contributed by atoms with Gasteiger partial charge in [0.25, 0.3) is 0 Å². The minimum atomic E-state index is -0.0532. The zero-order chi connectivity index (χ0) is 24.3. The summed E-state index contributed by atoms with van der Waals surface area (Å²) in [7, 11) is 1.63. The molecule has 4 rings (SSSR count). The predicted molar refractivity (Wildman–Crippen MR) is 140 cm³/mol. The summed E-state index contributed by atoms with van der Waals surface area (Å²) < 4.78 is 5.20. The van der Waals surface area contributed by atoms with Crippen LogP contribution in [-0.4, -0.2) is 49.2 Å². The molecule has 2 aromatic carbocycles. The highest BCUT2D eigenvalue weighted by atomic mass is 16.5. The van der Waals surface area contributed by atoms with Gasteiger partial charge in [-0.2, -0.15) is 0 Å². The second-order valence-corrected chi connectivity index (χ2v) is 8.63. The molecule has 0 spiro atoms. The molecule has 0 bridgehead atoms. The molecular weight excluding hydrogens is 436 g/mol. The smallest absolute Gasteiger partial charge is 0.321 e. The van der Waals surface area contributed by atoms with Gasteiger partial charge in [0.15, 0.2) is 0 Å². The number of benzene rings is 2. The van der Waals surface area contributed by atoms with Crippen molar-refractivity contribution < 1.29 is 9.53 Å². The lowest BCUT2D eigenvalue weighted by molar-refractivity contribution is 0.206. The average Bonchev–Trinajstić information content (AvgIpc) is 2.91. The molecule has 35 heavy (non-hydrogen) atoms. The van der Waals surface area contributed by atoms with E-state index in [1.165, 1.54) is 5.56 Å². The molecule has 1 fully saturated rings. The Morgan fingerprint density at radius 2 is 1.86 bits per heavy atom. The highest BCUT2D eigenvalue weighted by Gasteiger charge is 2.19. The molecule has 1 saturated heterocycles. The molecule has 3 aromatic rings. The van der Waals surface area contributed by atoms with Gasteiger partial charge in [-0.15, -0.1) is 0 Å². The van der Waals surface area contributed by atoms with Crippen LogP contribution < -0.4 is 15.4 Å². The van der Waals surface area contributed by atoms with E-state index in [1.807, 2.05) is 47.4 Å². The Labute approximate surface area is 207 Å². The number of nitrogens with zero attached hydrogens (tertiary/aromatic N) is 2. The molecule has 1 aliphatic heterocycles. The number of carbonyl (C=O) groups excluding carboxylic acids is 1. The fourth-order valence-electron chi connectivity index (χ4n) is 4.13. The van der Waals surface area contributed by atoms with Crippen LogP contribution in [0.15, 0.2) is 72.9 Å². The number of carbonyl (C=O) groups is 1. The molecule has 2 N–H and O–H groups in total. The average molecular weight is 469 g/mol. The van der Waals surface area contributed by atoms with Crippen LogP contribution in [0.2, 0.25) is 0 Å². The van der Waals surface area contributed by atoms with Crippen molar-refractivity contribution in [1.29, 1.82) is 0 Å². The van der Waals surface area contributed by atoms with Crippen LogP contribution in [0.25, 0.3) is 0 Å². The van der Waals surface area contributed by atoms with Gasteiger partial charge in [0.1, 0.15) is 11.4 Å². The number of aromatic nitrogens is 1. The number of pyridine rings is 1. The normalized spacial score (nSPS) is 16.5.